The van der Waals surface area contributed by atoms with E-state index in [0.717, 1.165) is 11.1 Å². The number of nitriles is 1. The maximum atomic E-state index is 11.5. The van der Waals surface area contributed by atoms with Crippen LogP contribution < -0.4 is 5.32 Å². The number of carbonyl (C=O) groups is 1. The molecular weight excluding hydrogens is 264 g/mol. The molecule has 106 valence electrons. The van der Waals surface area contributed by atoms with Crippen LogP contribution in [-0.2, 0) is 4.79 Å². The van der Waals surface area contributed by atoms with Crippen LogP contribution in [0.2, 0.25) is 0 Å². The van der Waals surface area contributed by atoms with E-state index in [1.807, 2.05) is 38.1 Å². The highest BCUT2D eigenvalue weighted by Crippen LogP contribution is 2.22. The van der Waals surface area contributed by atoms with Crippen molar-refractivity contribution in [2.45, 2.75) is 19.9 Å². The fourth-order valence-corrected chi connectivity index (χ4v) is 2.04. The van der Waals surface area contributed by atoms with Gasteiger partial charge >= 0.3 is 5.97 Å². The number of carboxylic acid groups (broad SMARTS) is 1. The first-order valence-electron chi connectivity index (χ1n) is 6.58. The molecule has 0 spiro atoms. The number of aliphatic carboxylic acids is 1. The molecule has 0 fully saturated rings. The Morgan fingerprint density at radius 3 is 2.33 bits per heavy atom. The van der Waals surface area contributed by atoms with Gasteiger partial charge in [-0.1, -0.05) is 18.2 Å². The first-order chi connectivity index (χ1) is 10.0. The molecule has 4 nitrogen and oxygen atoms in total. The molecule has 2 rings (SSSR count). The molecule has 0 aromatic heterocycles. The highest BCUT2D eigenvalue weighted by Gasteiger charge is 2.19. The van der Waals surface area contributed by atoms with E-state index in [4.69, 9.17) is 5.26 Å². The number of aryl methyl sites for hydroxylation is 2. The Hall–Kier alpha value is -2.80. The normalized spacial score (nSPS) is 11.5. The summed E-state index contributed by atoms with van der Waals surface area (Å²) >= 11 is 0. The van der Waals surface area contributed by atoms with Crippen LogP contribution in [0.15, 0.2) is 42.5 Å². The van der Waals surface area contributed by atoms with Gasteiger partial charge in [0.15, 0.2) is 6.04 Å². The van der Waals surface area contributed by atoms with Crippen molar-refractivity contribution in [1.82, 2.24) is 0 Å². The van der Waals surface area contributed by atoms with Gasteiger partial charge in [-0.3, -0.25) is 0 Å². The molecule has 1 atom stereocenters. The maximum Gasteiger partial charge on any atom is 0.330 e. The predicted molar refractivity (Wildman–Crippen MR) is 81.1 cm³/mol. The lowest BCUT2D eigenvalue weighted by atomic mass is 10.0. The summed E-state index contributed by atoms with van der Waals surface area (Å²) in [6, 6.07) is 13.5. The van der Waals surface area contributed by atoms with Gasteiger partial charge in [-0.05, 0) is 54.8 Å². The van der Waals surface area contributed by atoms with Crippen LogP contribution in [0.5, 0.6) is 0 Å². The molecule has 2 N–H and O–H groups in total. The zero-order valence-corrected chi connectivity index (χ0v) is 11.9. The standard InChI is InChI=1S/C17H16N2O2/c1-11-3-6-14(9-12(11)2)16(17(20)21)19-15-7-4-13(10-18)5-8-15/h3-9,16,19H,1-2H3,(H,20,21). The summed E-state index contributed by atoms with van der Waals surface area (Å²) in [5.74, 6) is -0.942. The molecule has 0 saturated carbocycles. The molecule has 0 radical (unpaired) electrons. The van der Waals surface area contributed by atoms with E-state index in [1.165, 1.54) is 0 Å². The fraction of sp³-hybridized carbons (Fsp3) is 0.176. The second-order valence-corrected chi connectivity index (χ2v) is 4.95. The molecule has 21 heavy (non-hydrogen) atoms. The van der Waals surface area contributed by atoms with E-state index in [9.17, 15) is 9.90 Å². The first-order valence-corrected chi connectivity index (χ1v) is 6.58. The number of rotatable bonds is 4. The number of benzene rings is 2. The Kier molecular flexibility index (Phi) is 4.24. The molecule has 0 aliphatic heterocycles. The first kappa shape index (κ1) is 14.6. The molecule has 1 unspecified atom stereocenters. The van der Waals surface area contributed by atoms with Crippen LogP contribution >= 0.6 is 0 Å². The van der Waals surface area contributed by atoms with Crippen LogP contribution in [0.25, 0.3) is 0 Å². The number of hydrogen-bond acceptors (Lipinski definition) is 3. The van der Waals surface area contributed by atoms with E-state index in [1.54, 1.807) is 24.3 Å². The fourth-order valence-electron chi connectivity index (χ4n) is 2.04. The zero-order chi connectivity index (χ0) is 15.4. The predicted octanol–water partition coefficient (Wildman–Crippen LogP) is 3.41. The average molecular weight is 280 g/mol. The number of carboxylic acids is 1. The van der Waals surface area contributed by atoms with E-state index < -0.39 is 12.0 Å². The van der Waals surface area contributed by atoms with Gasteiger partial charge in [-0.15, -0.1) is 0 Å². The monoisotopic (exact) mass is 280 g/mol. The van der Waals surface area contributed by atoms with Gasteiger partial charge in [-0.25, -0.2) is 4.79 Å². The Balaban J connectivity index is 2.28. The van der Waals surface area contributed by atoms with Gasteiger partial charge in [-0.2, -0.15) is 5.26 Å². The number of nitrogens with one attached hydrogen (secondary N) is 1. The molecule has 0 bridgehead atoms. The molecule has 2 aromatic rings. The molecule has 0 aliphatic rings. The summed E-state index contributed by atoms with van der Waals surface area (Å²) in [6.07, 6.45) is 0. The van der Waals surface area contributed by atoms with Crippen LogP contribution in [0.3, 0.4) is 0 Å². The Morgan fingerprint density at radius 1 is 1.14 bits per heavy atom. The third-order valence-electron chi connectivity index (χ3n) is 3.44. The van der Waals surface area contributed by atoms with Gasteiger partial charge in [0.05, 0.1) is 11.6 Å². The summed E-state index contributed by atoms with van der Waals surface area (Å²) in [4.78, 5) is 11.5. The smallest absolute Gasteiger partial charge is 0.330 e. The largest absolute Gasteiger partial charge is 0.479 e. The minimum atomic E-state index is -0.942. The van der Waals surface area contributed by atoms with E-state index in [0.29, 0.717) is 16.8 Å². The Morgan fingerprint density at radius 2 is 1.81 bits per heavy atom. The molecule has 0 amide bonds. The van der Waals surface area contributed by atoms with E-state index in [-0.39, 0.29) is 0 Å². The van der Waals surface area contributed by atoms with E-state index in [2.05, 4.69) is 5.32 Å². The quantitative estimate of drug-likeness (QED) is 0.900. The third kappa shape index (κ3) is 3.40. The van der Waals surface area contributed by atoms with Crippen molar-refractivity contribution in [2.24, 2.45) is 0 Å². The maximum absolute atomic E-state index is 11.5. The lowest BCUT2D eigenvalue weighted by Crippen LogP contribution is -2.20. The molecule has 0 heterocycles. The van der Waals surface area contributed by atoms with Crippen molar-refractivity contribution in [3.8, 4) is 6.07 Å². The van der Waals surface area contributed by atoms with Gasteiger partial charge in [0, 0.05) is 5.69 Å². The average Bonchev–Trinajstić information content (AvgIpc) is 2.48. The van der Waals surface area contributed by atoms with Crippen molar-refractivity contribution in [1.29, 1.82) is 5.26 Å². The molecule has 4 heteroatoms. The minimum Gasteiger partial charge on any atom is -0.479 e. The summed E-state index contributed by atoms with van der Waals surface area (Å²) in [5.41, 5.74) is 4.09. The topological polar surface area (TPSA) is 73.1 Å². The zero-order valence-electron chi connectivity index (χ0n) is 11.9. The summed E-state index contributed by atoms with van der Waals surface area (Å²) in [5, 5.41) is 21.2. The number of hydrogen-bond donors (Lipinski definition) is 2. The molecule has 2 aromatic carbocycles. The summed E-state index contributed by atoms with van der Waals surface area (Å²) in [7, 11) is 0. The van der Waals surface area contributed by atoms with Gasteiger partial charge in [0.1, 0.15) is 0 Å². The van der Waals surface area contributed by atoms with Crippen molar-refractivity contribution in [3.63, 3.8) is 0 Å². The third-order valence-corrected chi connectivity index (χ3v) is 3.44. The molecule has 0 saturated heterocycles. The summed E-state index contributed by atoms with van der Waals surface area (Å²) in [6.45, 7) is 3.95. The SMILES string of the molecule is Cc1ccc(C(Nc2ccc(C#N)cc2)C(=O)O)cc1C. The van der Waals surface area contributed by atoms with Gasteiger partial charge in [0.25, 0.3) is 0 Å². The van der Waals surface area contributed by atoms with Crippen LogP contribution in [0.1, 0.15) is 28.3 Å². The van der Waals surface area contributed by atoms with Crippen molar-refractivity contribution >= 4 is 11.7 Å². The molecule has 0 aliphatic carbocycles. The second kappa shape index (κ2) is 6.10. The minimum absolute atomic E-state index is 0.540. The highest BCUT2D eigenvalue weighted by molar-refractivity contribution is 5.79. The second-order valence-electron chi connectivity index (χ2n) is 4.95. The molecular formula is C17H16N2O2. The van der Waals surface area contributed by atoms with Crippen molar-refractivity contribution in [2.75, 3.05) is 5.32 Å². The van der Waals surface area contributed by atoms with Crippen LogP contribution in [-0.4, -0.2) is 11.1 Å². The summed E-state index contributed by atoms with van der Waals surface area (Å²) < 4.78 is 0. The lowest BCUT2D eigenvalue weighted by Gasteiger charge is -2.17. The lowest BCUT2D eigenvalue weighted by molar-refractivity contribution is -0.138. The van der Waals surface area contributed by atoms with Crippen LogP contribution in [0.4, 0.5) is 5.69 Å². The van der Waals surface area contributed by atoms with Gasteiger partial charge in [0.2, 0.25) is 0 Å². The Bertz CT molecular complexity index is 700. The number of anilines is 1. The van der Waals surface area contributed by atoms with Crippen molar-refractivity contribution in [3.05, 3.63) is 64.7 Å². The Labute approximate surface area is 123 Å². The van der Waals surface area contributed by atoms with Crippen molar-refractivity contribution < 1.29 is 9.90 Å². The van der Waals surface area contributed by atoms with Crippen LogP contribution in [0, 0.1) is 25.2 Å². The highest BCUT2D eigenvalue weighted by atomic mass is 16.4. The van der Waals surface area contributed by atoms with Gasteiger partial charge < -0.3 is 10.4 Å². The van der Waals surface area contributed by atoms with E-state index >= 15 is 0 Å². The number of nitrogens with zero attached hydrogens (tertiary/aromatic N) is 1.